The van der Waals surface area contributed by atoms with Gasteiger partial charge in [0, 0.05) is 18.7 Å². The standard InChI is InChI=1S/C25H36Cl2N2O5S/c1-7-14-32-18-9-8-17(26)21(27)20(18)22(28-35(31)24(2,3)4)16-10-12-29(13-11-16)23(30)19-15-33-25(5,6)34-19/h7-9,16,19,22,28H,1,10-15H2,2-6H3/t19-,22-,35?/m1/s1. The molecule has 3 atom stereocenters. The van der Waals surface area contributed by atoms with E-state index < -0.39 is 27.6 Å². The highest BCUT2D eigenvalue weighted by molar-refractivity contribution is 7.84. The fourth-order valence-corrected chi connectivity index (χ4v) is 5.59. The first-order chi connectivity index (χ1) is 16.3. The Labute approximate surface area is 221 Å². The average Bonchev–Trinajstić information content (AvgIpc) is 3.17. The van der Waals surface area contributed by atoms with E-state index >= 15 is 0 Å². The number of piperidine rings is 1. The molecule has 0 aliphatic carbocycles. The minimum atomic E-state index is -1.37. The van der Waals surface area contributed by atoms with E-state index in [9.17, 15) is 9.00 Å². The van der Waals surface area contributed by atoms with E-state index in [1.165, 1.54) is 0 Å². The lowest BCUT2D eigenvalue weighted by Crippen LogP contribution is -2.47. The number of hydrogen-bond acceptors (Lipinski definition) is 5. The van der Waals surface area contributed by atoms with E-state index in [0.29, 0.717) is 53.9 Å². The molecule has 0 saturated carbocycles. The Morgan fingerprint density at radius 2 is 2.00 bits per heavy atom. The summed E-state index contributed by atoms with van der Waals surface area (Å²) in [4.78, 5) is 14.8. The van der Waals surface area contributed by atoms with Crippen LogP contribution < -0.4 is 9.46 Å². The summed E-state index contributed by atoms with van der Waals surface area (Å²) in [7, 11) is -1.37. The molecule has 196 valence electrons. The van der Waals surface area contributed by atoms with Crippen molar-refractivity contribution in [3.05, 3.63) is 40.4 Å². The first-order valence-corrected chi connectivity index (χ1v) is 13.7. The Morgan fingerprint density at radius 1 is 1.34 bits per heavy atom. The number of nitrogens with zero attached hydrogens (tertiary/aromatic N) is 1. The summed E-state index contributed by atoms with van der Waals surface area (Å²) in [5.74, 6) is -0.201. The number of rotatable bonds is 8. The van der Waals surface area contributed by atoms with E-state index in [1.807, 2.05) is 25.7 Å². The molecular formula is C25H36Cl2N2O5S. The molecular weight excluding hydrogens is 511 g/mol. The number of nitrogens with one attached hydrogen (secondary N) is 1. The van der Waals surface area contributed by atoms with Crippen molar-refractivity contribution in [2.24, 2.45) is 5.92 Å². The maximum atomic E-state index is 13.2. The second-order valence-corrected chi connectivity index (χ2v) is 13.1. The van der Waals surface area contributed by atoms with Gasteiger partial charge >= 0.3 is 0 Å². The van der Waals surface area contributed by atoms with Crippen LogP contribution >= 0.6 is 23.2 Å². The van der Waals surface area contributed by atoms with Gasteiger partial charge in [-0.3, -0.25) is 4.79 Å². The summed E-state index contributed by atoms with van der Waals surface area (Å²) in [5.41, 5.74) is 0.678. The number of benzene rings is 1. The Bertz CT molecular complexity index is 958. The van der Waals surface area contributed by atoms with Crippen LogP contribution in [-0.2, 0) is 25.3 Å². The Kier molecular flexibility index (Phi) is 9.32. The molecule has 2 fully saturated rings. The molecule has 1 unspecified atom stereocenters. The van der Waals surface area contributed by atoms with Crippen molar-refractivity contribution in [1.29, 1.82) is 0 Å². The average molecular weight is 548 g/mol. The molecule has 35 heavy (non-hydrogen) atoms. The van der Waals surface area contributed by atoms with Crippen molar-refractivity contribution in [3.63, 3.8) is 0 Å². The fourth-order valence-electron chi connectivity index (χ4n) is 4.26. The second-order valence-electron chi connectivity index (χ2n) is 10.3. The number of amides is 1. The number of carbonyl (C=O) groups is 1. The van der Waals surface area contributed by atoms with Gasteiger partial charge in [0.25, 0.3) is 5.91 Å². The van der Waals surface area contributed by atoms with Gasteiger partial charge in [0.1, 0.15) is 12.4 Å². The first kappa shape index (κ1) is 28.4. The molecule has 3 rings (SSSR count). The van der Waals surface area contributed by atoms with Crippen molar-refractivity contribution in [2.45, 2.75) is 70.1 Å². The molecule has 10 heteroatoms. The van der Waals surface area contributed by atoms with Crippen molar-refractivity contribution >= 4 is 40.1 Å². The van der Waals surface area contributed by atoms with Gasteiger partial charge in [0.2, 0.25) is 0 Å². The molecule has 0 bridgehead atoms. The molecule has 2 aliphatic heterocycles. The summed E-state index contributed by atoms with van der Waals surface area (Å²) in [6.45, 7) is 14.7. The van der Waals surface area contributed by atoms with Crippen LogP contribution in [-0.4, -0.2) is 58.0 Å². The van der Waals surface area contributed by atoms with E-state index in [2.05, 4.69) is 11.3 Å². The number of ether oxygens (including phenoxy) is 3. The van der Waals surface area contributed by atoms with Crippen molar-refractivity contribution in [1.82, 2.24) is 9.62 Å². The van der Waals surface area contributed by atoms with Crippen LogP contribution in [0.15, 0.2) is 24.8 Å². The van der Waals surface area contributed by atoms with Gasteiger partial charge in [-0.15, -0.1) is 0 Å². The number of carbonyl (C=O) groups excluding carboxylic acids is 1. The van der Waals surface area contributed by atoms with Crippen molar-refractivity contribution in [2.75, 3.05) is 26.3 Å². The van der Waals surface area contributed by atoms with E-state index in [4.69, 9.17) is 37.4 Å². The van der Waals surface area contributed by atoms with Crippen LogP contribution in [0.25, 0.3) is 0 Å². The molecule has 0 aromatic heterocycles. The monoisotopic (exact) mass is 546 g/mol. The van der Waals surface area contributed by atoms with Crippen molar-refractivity contribution < 1.29 is 23.2 Å². The van der Waals surface area contributed by atoms with Crippen molar-refractivity contribution in [3.8, 4) is 5.75 Å². The fraction of sp³-hybridized carbons (Fsp3) is 0.640. The summed E-state index contributed by atoms with van der Waals surface area (Å²) < 4.78 is 33.2. The third-order valence-electron chi connectivity index (χ3n) is 6.16. The topological polar surface area (TPSA) is 77.1 Å². The zero-order valence-electron chi connectivity index (χ0n) is 21.1. The molecule has 7 nitrogen and oxygen atoms in total. The van der Waals surface area contributed by atoms with E-state index in [-0.39, 0.29) is 24.5 Å². The summed E-state index contributed by atoms with van der Waals surface area (Å²) >= 11 is 13.1. The second kappa shape index (κ2) is 11.5. The summed E-state index contributed by atoms with van der Waals surface area (Å²) in [5, 5.41) is 0.767. The normalized spacial score (nSPS) is 22.6. The Hall–Kier alpha value is -1.16. The van der Waals surface area contributed by atoms with Crippen LogP contribution in [0.4, 0.5) is 0 Å². The van der Waals surface area contributed by atoms with Gasteiger partial charge in [0.15, 0.2) is 11.9 Å². The predicted molar refractivity (Wildman–Crippen MR) is 140 cm³/mol. The maximum Gasteiger partial charge on any atom is 0.254 e. The predicted octanol–water partition coefficient (Wildman–Crippen LogP) is 5.04. The summed E-state index contributed by atoms with van der Waals surface area (Å²) in [6.07, 6.45) is 2.43. The lowest BCUT2D eigenvalue weighted by molar-refractivity contribution is -0.161. The van der Waals surface area contributed by atoms with Crippen LogP contribution in [0.3, 0.4) is 0 Å². The highest BCUT2D eigenvalue weighted by atomic mass is 35.5. The third-order valence-corrected chi connectivity index (χ3v) is 8.56. The molecule has 2 saturated heterocycles. The lowest BCUT2D eigenvalue weighted by atomic mass is 9.85. The largest absolute Gasteiger partial charge is 0.489 e. The summed E-state index contributed by atoms with van der Waals surface area (Å²) in [6, 6.07) is 3.08. The molecule has 1 aromatic carbocycles. The quantitative estimate of drug-likeness (QED) is 0.462. The Balaban J connectivity index is 1.84. The SMILES string of the molecule is C=CCOc1ccc(Cl)c(Cl)c1[C@H](NS(=O)C(C)(C)C)C1CCN(C(=O)[C@H]2COC(C)(C)O2)CC1. The molecule has 1 amide bonds. The maximum absolute atomic E-state index is 13.2. The molecule has 1 N–H and O–H groups in total. The highest BCUT2D eigenvalue weighted by Gasteiger charge is 2.41. The smallest absolute Gasteiger partial charge is 0.254 e. The van der Waals surface area contributed by atoms with Crippen LogP contribution in [0.1, 0.15) is 59.1 Å². The van der Waals surface area contributed by atoms with Gasteiger partial charge in [-0.25, -0.2) is 8.93 Å². The Morgan fingerprint density at radius 3 is 2.54 bits per heavy atom. The number of likely N-dealkylation sites (tertiary alicyclic amines) is 1. The van der Waals surface area contributed by atoms with Gasteiger partial charge in [-0.05, 0) is 65.5 Å². The highest BCUT2D eigenvalue weighted by Crippen LogP contribution is 2.43. The van der Waals surface area contributed by atoms with Gasteiger partial charge in [-0.1, -0.05) is 35.9 Å². The molecule has 2 heterocycles. The lowest BCUT2D eigenvalue weighted by Gasteiger charge is -2.38. The molecule has 0 radical (unpaired) electrons. The minimum absolute atomic E-state index is 0.0459. The first-order valence-electron chi connectivity index (χ1n) is 11.8. The van der Waals surface area contributed by atoms with Crippen LogP contribution in [0.2, 0.25) is 10.0 Å². The minimum Gasteiger partial charge on any atom is -0.489 e. The number of hydrogen-bond donors (Lipinski definition) is 1. The van der Waals surface area contributed by atoms with Gasteiger partial charge < -0.3 is 19.1 Å². The van der Waals surface area contributed by atoms with Gasteiger partial charge in [0.05, 0.1) is 38.4 Å². The van der Waals surface area contributed by atoms with Crippen LogP contribution in [0, 0.1) is 5.92 Å². The van der Waals surface area contributed by atoms with Gasteiger partial charge in [-0.2, -0.15) is 0 Å². The van der Waals surface area contributed by atoms with Crippen LogP contribution in [0.5, 0.6) is 5.75 Å². The van der Waals surface area contributed by atoms with E-state index in [1.54, 1.807) is 32.1 Å². The van der Waals surface area contributed by atoms with E-state index in [0.717, 1.165) is 0 Å². The third kappa shape index (κ3) is 6.99. The molecule has 1 aromatic rings. The zero-order chi connectivity index (χ0) is 26.0. The molecule has 2 aliphatic rings. The zero-order valence-corrected chi connectivity index (χ0v) is 23.4. The molecule has 0 spiro atoms. The number of halogens is 2.